The first-order valence-corrected chi connectivity index (χ1v) is 8.93. The topological polar surface area (TPSA) is 25.5 Å². The van der Waals surface area contributed by atoms with Crippen molar-refractivity contribution in [3.63, 3.8) is 0 Å². The number of benzene rings is 2. The van der Waals surface area contributed by atoms with Crippen molar-refractivity contribution in [2.24, 2.45) is 0 Å². The van der Waals surface area contributed by atoms with Crippen molar-refractivity contribution in [2.45, 2.75) is 20.0 Å². The summed E-state index contributed by atoms with van der Waals surface area (Å²) in [6, 6.07) is 19.2. The molecule has 1 N–H and O–H groups in total. The molecule has 0 spiro atoms. The molecule has 24 heavy (non-hydrogen) atoms. The molecule has 2 aromatic carbocycles. The van der Waals surface area contributed by atoms with Gasteiger partial charge in [-0.2, -0.15) is 0 Å². The largest absolute Gasteiger partial charge is 0.360 e. The lowest BCUT2D eigenvalue weighted by atomic mass is 10.2. The quantitative estimate of drug-likeness (QED) is 0.795. The minimum absolute atomic E-state index is 0.985. The fourth-order valence-corrected chi connectivity index (χ4v) is 3.73. The summed E-state index contributed by atoms with van der Waals surface area (Å²) in [7, 11) is 0. The lowest BCUT2D eigenvalue weighted by molar-refractivity contribution is -0.915. The molecular weight excluding hydrogens is 296 g/mol. The number of aryl methyl sites for hydroxylation is 1. The molecule has 0 amide bonds. The molecule has 1 aromatic heterocycles. The number of hydrogen-bond acceptors (Lipinski definition) is 2. The number of quaternary nitrogens is 1. The molecule has 0 radical (unpaired) electrons. The van der Waals surface area contributed by atoms with Crippen molar-refractivity contribution < 1.29 is 4.90 Å². The van der Waals surface area contributed by atoms with E-state index in [9.17, 15) is 0 Å². The molecule has 4 heteroatoms. The SMILES string of the molecule is CCn1c(C[NH+]2CCN(c3ccccc3)CC2)nc2ccccc21. The third-order valence-corrected chi connectivity index (χ3v) is 5.05. The lowest BCUT2D eigenvalue weighted by Crippen LogP contribution is -3.13. The van der Waals surface area contributed by atoms with E-state index >= 15 is 0 Å². The number of imidazole rings is 1. The van der Waals surface area contributed by atoms with Crippen LogP contribution in [0.25, 0.3) is 11.0 Å². The van der Waals surface area contributed by atoms with Crippen molar-refractivity contribution in [3.8, 4) is 0 Å². The zero-order valence-electron chi connectivity index (χ0n) is 14.3. The van der Waals surface area contributed by atoms with Crippen molar-refractivity contribution in [2.75, 3.05) is 31.1 Å². The first-order chi connectivity index (χ1) is 11.8. The summed E-state index contributed by atoms with van der Waals surface area (Å²) < 4.78 is 2.37. The van der Waals surface area contributed by atoms with Gasteiger partial charge in [0, 0.05) is 12.2 Å². The highest BCUT2D eigenvalue weighted by atomic mass is 15.3. The van der Waals surface area contributed by atoms with Crippen LogP contribution in [0.2, 0.25) is 0 Å². The van der Waals surface area contributed by atoms with Gasteiger partial charge in [0.1, 0.15) is 6.54 Å². The van der Waals surface area contributed by atoms with E-state index in [4.69, 9.17) is 4.98 Å². The molecular formula is C20H25N4+. The van der Waals surface area contributed by atoms with Gasteiger partial charge in [-0.3, -0.25) is 0 Å². The van der Waals surface area contributed by atoms with E-state index in [0.717, 1.165) is 31.7 Å². The van der Waals surface area contributed by atoms with Crippen molar-refractivity contribution in [1.29, 1.82) is 0 Å². The third kappa shape index (κ3) is 2.89. The van der Waals surface area contributed by atoms with E-state index in [1.165, 1.54) is 30.1 Å². The third-order valence-electron chi connectivity index (χ3n) is 5.05. The number of fused-ring (bicyclic) bond motifs is 1. The van der Waals surface area contributed by atoms with Gasteiger partial charge in [0.2, 0.25) is 0 Å². The highest BCUT2D eigenvalue weighted by Crippen LogP contribution is 2.16. The smallest absolute Gasteiger partial charge is 0.165 e. The van der Waals surface area contributed by atoms with Crippen LogP contribution in [0.5, 0.6) is 0 Å². The first-order valence-electron chi connectivity index (χ1n) is 8.93. The monoisotopic (exact) mass is 321 g/mol. The van der Waals surface area contributed by atoms with Crippen LogP contribution in [0.15, 0.2) is 54.6 Å². The number of para-hydroxylation sites is 3. The van der Waals surface area contributed by atoms with Gasteiger partial charge >= 0.3 is 0 Å². The van der Waals surface area contributed by atoms with Crippen LogP contribution < -0.4 is 9.80 Å². The molecule has 4 nitrogen and oxygen atoms in total. The van der Waals surface area contributed by atoms with Crippen LogP contribution in [0.1, 0.15) is 12.7 Å². The molecule has 3 aromatic rings. The molecule has 1 aliphatic rings. The fraction of sp³-hybridized carbons (Fsp3) is 0.350. The molecule has 4 rings (SSSR count). The maximum atomic E-state index is 4.88. The van der Waals surface area contributed by atoms with Crippen molar-refractivity contribution >= 4 is 16.7 Å². The molecule has 0 atom stereocenters. The molecule has 2 heterocycles. The second-order valence-corrected chi connectivity index (χ2v) is 6.51. The Morgan fingerprint density at radius 1 is 0.958 bits per heavy atom. The average Bonchev–Trinajstić information content (AvgIpc) is 3.00. The predicted molar refractivity (Wildman–Crippen MR) is 98.5 cm³/mol. The Balaban J connectivity index is 1.46. The number of nitrogens with one attached hydrogen (secondary N) is 1. The van der Waals surface area contributed by atoms with Gasteiger partial charge < -0.3 is 14.4 Å². The predicted octanol–water partition coefficient (Wildman–Crippen LogP) is 1.96. The molecule has 1 aliphatic heterocycles. The van der Waals surface area contributed by atoms with Gasteiger partial charge in [0.15, 0.2) is 5.82 Å². The highest BCUT2D eigenvalue weighted by Gasteiger charge is 2.22. The molecule has 1 fully saturated rings. The summed E-state index contributed by atoms with van der Waals surface area (Å²) >= 11 is 0. The van der Waals surface area contributed by atoms with Crippen LogP contribution >= 0.6 is 0 Å². The minimum atomic E-state index is 0.985. The standard InChI is InChI=1S/C20H24N4/c1-2-24-19-11-7-6-10-18(19)21-20(24)16-22-12-14-23(15-13-22)17-8-4-3-5-9-17/h3-11H,2,12-16H2,1H3/p+1. The summed E-state index contributed by atoms with van der Waals surface area (Å²) in [5.41, 5.74) is 3.73. The van der Waals surface area contributed by atoms with Crippen LogP contribution in [0, 0.1) is 0 Å². The van der Waals surface area contributed by atoms with E-state index in [1.807, 2.05) is 0 Å². The normalized spacial score (nSPS) is 16.0. The molecule has 1 saturated heterocycles. The number of aromatic nitrogens is 2. The summed E-state index contributed by atoms with van der Waals surface area (Å²) in [4.78, 5) is 9.01. The summed E-state index contributed by atoms with van der Waals surface area (Å²) in [5, 5.41) is 0. The van der Waals surface area contributed by atoms with E-state index in [-0.39, 0.29) is 0 Å². The Labute approximate surface area is 143 Å². The van der Waals surface area contributed by atoms with Gasteiger partial charge in [-0.15, -0.1) is 0 Å². The maximum Gasteiger partial charge on any atom is 0.165 e. The number of hydrogen-bond donors (Lipinski definition) is 1. The molecule has 124 valence electrons. The van der Waals surface area contributed by atoms with Gasteiger partial charge in [0.05, 0.1) is 37.2 Å². The van der Waals surface area contributed by atoms with Crippen molar-refractivity contribution in [1.82, 2.24) is 9.55 Å². The van der Waals surface area contributed by atoms with Gasteiger partial charge in [-0.05, 0) is 31.2 Å². The fourth-order valence-electron chi connectivity index (χ4n) is 3.73. The zero-order chi connectivity index (χ0) is 16.4. The van der Waals surface area contributed by atoms with Crippen molar-refractivity contribution in [3.05, 3.63) is 60.4 Å². The average molecular weight is 321 g/mol. The molecule has 0 saturated carbocycles. The Hall–Kier alpha value is -2.33. The van der Waals surface area contributed by atoms with Gasteiger partial charge in [-0.1, -0.05) is 30.3 Å². The van der Waals surface area contributed by atoms with Crippen LogP contribution in [0.4, 0.5) is 5.69 Å². The summed E-state index contributed by atoms with van der Waals surface area (Å²) in [6.45, 7) is 8.78. The van der Waals surface area contributed by atoms with Gasteiger partial charge in [-0.25, -0.2) is 4.98 Å². The Kier molecular flexibility index (Phi) is 4.22. The van der Waals surface area contributed by atoms with E-state index in [2.05, 4.69) is 71.0 Å². The number of anilines is 1. The Bertz CT molecular complexity index is 801. The lowest BCUT2D eigenvalue weighted by Gasteiger charge is -2.33. The maximum absolute atomic E-state index is 4.88. The van der Waals surface area contributed by atoms with Gasteiger partial charge in [0.25, 0.3) is 0 Å². The van der Waals surface area contributed by atoms with Crippen LogP contribution in [0.3, 0.4) is 0 Å². The second-order valence-electron chi connectivity index (χ2n) is 6.51. The van der Waals surface area contributed by atoms with Crippen LogP contribution in [-0.2, 0) is 13.1 Å². The zero-order valence-corrected chi connectivity index (χ0v) is 14.3. The van der Waals surface area contributed by atoms with E-state index in [1.54, 1.807) is 4.90 Å². The Morgan fingerprint density at radius 3 is 2.42 bits per heavy atom. The first kappa shape index (κ1) is 15.2. The Morgan fingerprint density at radius 2 is 1.67 bits per heavy atom. The number of piperazine rings is 1. The minimum Gasteiger partial charge on any atom is -0.360 e. The second kappa shape index (κ2) is 6.65. The summed E-state index contributed by atoms with van der Waals surface area (Å²) in [5.74, 6) is 1.22. The molecule has 0 bridgehead atoms. The molecule has 0 aliphatic carbocycles. The number of rotatable bonds is 4. The summed E-state index contributed by atoms with van der Waals surface area (Å²) in [6.07, 6.45) is 0. The van der Waals surface area contributed by atoms with E-state index in [0.29, 0.717) is 0 Å². The van der Waals surface area contributed by atoms with E-state index < -0.39 is 0 Å². The van der Waals surface area contributed by atoms with Crippen LogP contribution in [-0.4, -0.2) is 35.7 Å². The highest BCUT2D eigenvalue weighted by molar-refractivity contribution is 5.75. The molecule has 0 unspecified atom stereocenters. The number of nitrogens with zero attached hydrogens (tertiary/aromatic N) is 3.